The number of amides is 1. The lowest BCUT2D eigenvalue weighted by Gasteiger charge is -2.27. The van der Waals surface area contributed by atoms with Crippen LogP contribution in [0.2, 0.25) is 0 Å². The average molecular weight is 253 g/mol. The van der Waals surface area contributed by atoms with Gasteiger partial charge in [-0.3, -0.25) is 4.79 Å². The van der Waals surface area contributed by atoms with Gasteiger partial charge < -0.3 is 15.5 Å². The summed E-state index contributed by atoms with van der Waals surface area (Å²) in [5.41, 5.74) is 5.90. The lowest BCUT2D eigenvalue weighted by Crippen LogP contribution is -2.36. The van der Waals surface area contributed by atoms with Crippen LogP contribution in [-0.2, 0) is 4.79 Å². The molecule has 0 spiro atoms. The minimum absolute atomic E-state index is 0.361. The number of hydrogen-bond donors (Lipinski definition) is 1. The van der Waals surface area contributed by atoms with E-state index in [4.69, 9.17) is 5.73 Å². The molecule has 1 aliphatic carbocycles. The second-order valence-electron chi connectivity index (χ2n) is 6.23. The molecule has 0 aromatic carbocycles. The highest BCUT2D eigenvalue weighted by Gasteiger charge is 2.29. The normalized spacial score (nSPS) is 33.1. The van der Waals surface area contributed by atoms with Crippen LogP contribution in [0.4, 0.5) is 0 Å². The molecule has 2 aliphatic rings. The Kier molecular flexibility index (Phi) is 4.62. The summed E-state index contributed by atoms with van der Waals surface area (Å²) in [6.07, 6.45) is 6.33. The predicted molar refractivity (Wildman–Crippen MR) is 73.2 cm³/mol. The third-order valence-corrected chi connectivity index (χ3v) is 4.60. The van der Waals surface area contributed by atoms with Crippen LogP contribution < -0.4 is 5.73 Å². The highest BCUT2D eigenvalue weighted by atomic mass is 16.2. The van der Waals surface area contributed by atoms with Crippen molar-refractivity contribution in [2.24, 2.45) is 11.7 Å². The van der Waals surface area contributed by atoms with Gasteiger partial charge in [-0.25, -0.2) is 0 Å². The van der Waals surface area contributed by atoms with E-state index >= 15 is 0 Å². The molecule has 0 radical (unpaired) electrons. The first-order valence-electron chi connectivity index (χ1n) is 7.26. The number of likely N-dealkylation sites (N-methyl/N-ethyl adjacent to an activating group) is 1. The first kappa shape index (κ1) is 13.8. The zero-order valence-corrected chi connectivity index (χ0v) is 11.8. The molecule has 1 heterocycles. The van der Waals surface area contributed by atoms with E-state index in [0.717, 1.165) is 51.6 Å². The maximum atomic E-state index is 12.2. The summed E-state index contributed by atoms with van der Waals surface area (Å²) >= 11 is 0. The molecule has 4 heteroatoms. The van der Waals surface area contributed by atoms with Crippen LogP contribution in [0.3, 0.4) is 0 Å². The monoisotopic (exact) mass is 253 g/mol. The number of likely N-dealkylation sites (tertiary alicyclic amines) is 1. The Hall–Kier alpha value is -0.610. The third-order valence-electron chi connectivity index (χ3n) is 4.60. The van der Waals surface area contributed by atoms with Gasteiger partial charge in [-0.15, -0.1) is 0 Å². The summed E-state index contributed by atoms with van der Waals surface area (Å²) in [7, 11) is 4.20. The molecule has 0 aromatic rings. The van der Waals surface area contributed by atoms with Gasteiger partial charge in [-0.05, 0) is 52.1 Å². The fourth-order valence-electron chi connectivity index (χ4n) is 3.16. The van der Waals surface area contributed by atoms with Gasteiger partial charge in [0.2, 0.25) is 5.91 Å². The van der Waals surface area contributed by atoms with E-state index in [1.165, 1.54) is 0 Å². The van der Waals surface area contributed by atoms with Crippen LogP contribution in [-0.4, -0.2) is 55.0 Å². The van der Waals surface area contributed by atoms with Crippen molar-refractivity contribution in [3.63, 3.8) is 0 Å². The fraction of sp³-hybridized carbons (Fsp3) is 0.929. The van der Waals surface area contributed by atoms with E-state index in [1.54, 1.807) is 0 Å². The molecule has 2 N–H and O–H groups in total. The molecule has 104 valence electrons. The summed E-state index contributed by atoms with van der Waals surface area (Å²) < 4.78 is 0. The summed E-state index contributed by atoms with van der Waals surface area (Å²) in [4.78, 5) is 16.5. The van der Waals surface area contributed by atoms with Crippen molar-refractivity contribution in [1.82, 2.24) is 9.80 Å². The molecule has 1 unspecified atom stereocenters. The molecule has 1 atom stereocenters. The molecule has 1 saturated carbocycles. The highest BCUT2D eigenvalue weighted by molar-refractivity contribution is 5.76. The minimum atomic E-state index is 0.361. The van der Waals surface area contributed by atoms with Gasteiger partial charge in [0.15, 0.2) is 0 Å². The lowest BCUT2D eigenvalue weighted by molar-refractivity contribution is -0.131. The largest absolute Gasteiger partial charge is 0.341 e. The summed E-state index contributed by atoms with van der Waals surface area (Å²) in [6, 6.07) is 0.926. The first-order valence-corrected chi connectivity index (χ1v) is 7.26. The molecule has 2 rings (SSSR count). The zero-order valence-electron chi connectivity index (χ0n) is 11.8. The topological polar surface area (TPSA) is 49.6 Å². The van der Waals surface area contributed by atoms with Gasteiger partial charge in [0.1, 0.15) is 0 Å². The molecular weight excluding hydrogens is 226 g/mol. The van der Waals surface area contributed by atoms with Gasteiger partial charge in [0.25, 0.3) is 0 Å². The second kappa shape index (κ2) is 6.02. The average Bonchev–Trinajstić information content (AvgIpc) is 2.81. The smallest absolute Gasteiger partial charge is 0.222 e. The Morgan fingerprint density at radius 1 is 1.22 bits per heavy atom. The van der Waals surface area contributed by atoms with Crippen LogP contribution in [0.25, 0.3) is 0 Å². The van der Waals surface area contributed by atoms with E-state index < -0.39 is 0 Å². The van der Waals surface area contributed by atoms with Crippen molar-refractivity contribution in [1.29, 1.82) is 0 Å². The number of hydrogen-bond acceptors (Lipinski definition) is 3. The van der Waals surface area contributed by atoms with Gasteiger partial charge >= 0.3 is 0 Å². The second-order valence-corrected chi connectivity index (χ2v) is 6.23. The summed E-state index contributed by atoms with van der Waals surface area (Å²) in [5.74, 6) is 0.940. The van der Waals surface area contributed by atoms with Gasteiger partial charge in [0.05, 0.1) is 0 Å². The van der Waals surface area contributed by atoms with E-state index in [9.17, 15) is 4.79 Å². The quantitative estimate of drug-likeness (QED) is 0.818. The van der Waals surface area contributed by atoms with Crippen LogP contribution in [0.15, 0.2) is 0 Å². The highest BCUT2D eigenvalue weighted by Crippen LogP contribution is 2.27. The van der Waals surface area contributed by atoms with Crippen LogP contribution in [0, 0.1) is 5.92 Å². The molecule has 0 aromatic heterocycles. The first-order chi connectivity index (χ1) is 8.56. The lowest BCUT2D eigenvalue weighted by atomic mass is 9.84. The molecule has 18 heavy (non-hydrogen) atoms. The van der Waals surface area contributed by atoms with Crippen molar-refractivity contribution in [2.45, 2.75) is 50.6 Å². The van der Waals surface area contributed by atoms with Crippen LogP contribution in [0.1, 0.15) is 38.5 Å². The Morgan fingerprint density at radius 3 is 2.44 bits per heavy atom. The SMILES string of the molecule is CN(C)C1CCN(C(=O)CC2CCC(N)CC2)C1. The third kappa shape index (κ3) is 3.45. The number of nitrogens with zero attached hydrogens (tertiary/aromatic N) is 2. The zero-order chi connectivity index (χ0) is 13.1. The number of nitrogens with two attached hydrogens (primary N) is 1. The van der Waals surface area contributed by atoms with Crippen molar-refractivity contribution >= 4 is 5.91 Å². The predicted octanol–water partition coefficient (Wildman–Crippen LogP) is 1.06. The summed E-state index contributed by atoms with van der Waals surface area (Å²) in [5, 5.41) is 0. The van der Waals surface area contributed by atoms with Gasteiger partial charge in [-0.2, -0.15) is 0 Å². The van der Waals surface area contributed by atoms with Crippen LogP contribution >= 0.6 is 0 Å². The number of carbonyl (C=O) groups is 1. The molecule has 1 aliphatic heterocycles. The minimum Gasteiger partial charge on any atom is -0.341 e. The Morgan fingerprint density at radius 2 is 1.89 bits per heavy atom. The van der Waals surface area contributed by atoms with E-state index in [0.29, 0.717) is 23.9 Å². The van der Waals surface area contributed by atoms with Crippen LogP contribution in [0.5, 0.6) is 0 Å². The van der Waals surface area contributed by atoms with E-state index in [2.05, 4.69) is 23.9 Å². The maximum absolute atomic E-state index is 12.2. The molecule has 1 saturated heterocycles. The fourth-order valence-corrected chi connectivity index (χ4v) is 3.16. The Balaban J connectivity index is 1.75. The van der Waals surface area contributed by atoms with Crippen molar-refractivity contribution < 1.29 is 4.79 Å². The Labute approximate surface area is 110 Å². The van der Waals surface area contributed by atoms with Crippen molar-refractivity contribution in [2.75, 3.05) is 27.2 Å². The maximum Gasteiger partial charge on any atom is 0.222 e. The Bertz CT molecular complexity index is 285. The van der Waals surface area contributed by atoms with Gasteiger partial charge in [0, 0.05) is 31.6 Å². The van der Waals surface area contributed by atoms with Gasteiger partial charge in [-0.1, -0.05) is 0 Å². The molecule has 4 nitrogen and oxygen atoms in total. The van der Waals surface area contributed by atoms with Crippen molar-refractivity contribution in [3.05, 3.63) is 0 Å². The van der Waals surface area contributed by atoms with E-state index in [-0.39, 0.29) is 0 Å². The summed E-state index contributed by atoms with van der Waals surface area (Å²) in [6.45, 7) is 1.85. The van der Waals surface area contributed by atoms with Crippen molar-refractivity contribution in [3.8, 4) is 0 Å². The standard InChI is InChI=1S/C14H27N3O/c1-16(2)13-7-8-17(10-13)14(18)9-11-3-5-12(15)6-4-11/h11-13H,3-10,15H2,1-2H3. The molecule has 2 fully saturated rings. The molecule has 0 bridgehead atoms. The number of carbonyl (C=O) groups excluding carboxylic acids is 1. The molecule has 1 amide bonds. The number of rotatable bonds is 3. The van der Waals surface area contributed by atoms with E-state index in [1.807, 2.05) is 0 Å². The molecular formula is C14H27N3O.